The van der Waals surface area contributed by atoms with Gasteiger partial charge in [-0.2, -0.15) is 0 Å². The van der Waals surface area contributed by atoms with Gasteiger partial charge in [0.05, 0.1) is 18.6 Å². The molecule has 2 rings (SSSR count). The van der Waals surface area contributed by atoms with Gasteiger partial charge in [-0.25, -0.2) is 0 Å². The minimum absolute atomic E-state index is 0.0367. The van der Waals surface area contributed by atoms with Crippen LogP contribution < -0.4 is 4.74 Å². The van der Waals surface area contributed by atoms with Crippen molar-refractivity contribution in [2.24, 2.45) is 0 Å². The molecule has 0 aliphatic heterocycles. The summed E-state index contributed by atoms with van der Waals surface area (Å²) in [5.74, 6) is 0.871. The van der Waals surface area contributed by atoms with Crippen molar-refractivity contribution >= 4 is 34.2 Å². The third-order valence-corrected chi connectivity index (χ3v) is 3.96. The maximum atomic E-state index is 6.14. The molecule has 3 nitrogen and oxygen atoms in total. The van der Waals surface area contributed by atoms with Gasteiger partial charge in [-0.1, -0.05) is 6.07 Å². The van der Waals surface area contributed by atoms with Crippen LogP contribution in [0, 0.1) is 3.57 Å². The monoisotopic (exact) mass is 382 g/mol. The lowest BCUT2D eigenvalue weighted by Crippen LogP contribution is -2.53. The smallest absolute Gasteiger partial charge is 0.128 e. The van der Waals surface area contributed by atoms with Crippen LogP contribution in [0.1, 0.15) is 6.42 Å². The zero-order valence-electron chi connectivity index (χ0n) is 10.1. The van der Waals surface area contributed by atoms with E-state index < -0.39 is 0 Å². The number of alkyl halides is 1. The van der Waals surface area contributed by atoms with Gasteiger partial charge in [0, 0.05) is 17.1 Å². The highest BCUT2D eigenvalue weighted by molar-refractivity contribution is 14.1. The Hall–Kier alpha value is -0.0400. The first-order chi connectivity index (χ1) is 8.70. The van der Waals surface area contributed by atoms with Crippen LogP contribution in [-0.2, 0) is 9.47 Å². The van der Waals surface area contributed by atoms with Crippen LogP contribution in [0.4, 0.5) is 0 Å². The molecule has 0 bridgehead atoms. The van der Waals surface area contributed by atoms with Crippen LogP contribution in [0.2, 0.25) is 0 Å². The second kappa shape index (κ2) is 6.93. The highest BCUT2D eigenvalue weighted by atomic mass is 127. The third kappa shape index (κ3) is 3.73. The summed E-state index contributed by atoms with van der Waals surface area (Å²) in [5.41, 5.74) is 0. The van der Waals surface area contributed by atoms with E-state index in [0.717, 1.165) is 15.7 Å². The lowest BCUT2D eigenvalue weighted by molar-refractivity contribution is -0.0898. The number of ether oxygens (including phenoxy) is 3. The van der Waals surface area contributed by atoms with Crippen molar-refractivity contribution in [2.45, 2.75) is 24.0 Å². The molecule has 5 heteroatoms. The first kappa shape index (κ1) is 14.4. The number of hydrogen-bond donors (Lipinski definition) is 0. The van der Waals surface area contributed by atoms with E-state index in [2.05, 4.69) is 22.6 Å². The summed E-state index contributed by atoms with van der Waals surface area (Å²) in [4.78, 5) is 0. The molecular formula is C13H16ClIO3. The van der Waals surface area contributed by atoms with Crippen LogP contribution in [0.25, 0.3) is 0 Å². The summed E-state index contributed by atoms with van der Waals surface area (Å²) in [6.07, 6.45) is 0.826. The molecule has 1 saturated carbocycles. The van der Waals surface area contributed by atoms with Gasteiger partial charge < -0.3 is 14.2 Å². The average Bonchev–Trinajstić information content (AvgIpc) is 2.34. The van der Waals surface area contributed by atoms with Gasteiger partial charge in [0.2, 0.25) is 0 Å². The molecule has 100 valence electrons. The van der Waals surface area contributed by atoms with Crippen molar-refractivity contribution in [2.75, 3.05) is 20.3 Å². The SMILES string of the molecule is COCCOC1C(Cl)CC1Oc1cccc(I)c1. The summed E-state index contributed by atoms with van der Waals surface area (Å²) >= 11 is 8.40. The molecule has 0 aromatic heterocycles. The normalized spacial score (nSPS) is 26.7. The summed E-state index contributed by atoms with van der Waals surface area (Å²) in [7, 11) is 1.65. The van der Waals surface area contributed by atoms with Gasteiger partial charge in [-0.05, 0) is 40.8 Å². The largest absolute Gasteiger partial charge is 0.488 e. The maximum absolute atomic E-state index is 6.14. The Labute approximate surface area is 126 Å². The summed E-state index contributed by atoms with van der Waals surface area (Å²) in [6, 6.07) is 7.98. The second-order valence-electron chi connectivity index (χ2n) is 4.19. The summed E-state index contributed by atoms with van der Waals surface area (Å²) in [5, 5.41) is 0.0367. The molecule has 18 heavy (non-hydrogen) atoms. The molecule has 0 saturated heterocycles. The van der Waals surface area contributed by atoms with Gasteiger partial charge in [0.1, 0.15) is 18.0 Å². The van der Waals surface area contributed by atoms with Crippen LogP contribution in [-0.4, -0.2) is 37.9 Å². The second-order valence-corrected chi connectivity index (χ2v) is 6.00. The number of hydrogen-bond acceptors (Lipinski definition) is 3. The Bertz CT molecular complexity index is 388. The standard InChI is InChI=1S/C13H16ClIO3/c1-16-5-6-17-13-11(14)8-12(13)18-10-4-2-3-9(15)7-10/h2-4,7,11-13H,5-6,8H2,1H3. The molecule has 0 N–H and O–H groups in total. The molecule has 1 aromatic rings. The Balaban J connectivity index is 1.85. The van der Waals surface area contributed by atoms with Gasteiger partial charge in [-0.3, -0.25) is 0 Å². The number of halogens is 2. The van der Waals surface area contributed by atoms with E-state index in [4.69, 9.17) is 25.8 Å². The summed E-state index contributed by atoms with van der Waals surface area (Å²) in [6.45, 7) is 1.13. The lowest BCUT2D eigenvalue weighted by Gasteiger charge is -2.40. The number of methoxy groups -OCH3 is 1. The fourth-order valence-electron chi connectivity index (χ4n) is 1.84. The molecule has 1 aliphatic carbocycles. The van der Waals surface area contributed by atoms with E-state index in [1.54, 1.807) is 7.11 Å². The van der Waals surface area contributed by atoms with Crippen LogP contribution in [0.3, 0.4) is 0 Å². The van der Waals surface area contributed by atoms with Crippen molar-refractivity contribution in [1.82, 2.24) is 0 Å². The molecule has 3 unspecified atom stereocenters. The van der Waals surface area contributed by atoms with Crippen molar-refractivity contribution in [3.63, 3.8) is 0 Å². The quantitative estimate of drug-likeness (QED) is 0.430. The Morgan fingerprint density at radius 1 is 1.39 bits per heavy atom. The maximum Gasteiger partial charge on any atom is 0.128 e. The van der Waals surface area contributed by atoms with E-state index in [0.29, 0.717) is 13.2 Å². The van der Waals surface area contributed by atoms with Crippen molar-refractivity contribution < 1.29 is 14.2 Å². The van der Waals surface area contributed by atoms with E-state index in [1.165, 1.54) is 0 Å². The highest BCUT2D eigenvalue weighted by Crippen LogP contribution is 2.33. The predicted molar refractivity (Wildman–Crippen MR) is 79.4 cm³/mol. The van der Waals surface area contributed by atoms with Gasteiger partial charge in [-0.15, -0.1) is 11.6 Å². The summed E-state index contributed by atoms with van der Waals surface area (Å²) < 4.78 is 17.7. The molecule has 0 heterocycles. The lowest BCUT2D eigenvalue weighted by atomic mass is 9.91. The fourth-order valence-corrected chi connectivity index (χ4v) is 2.76. The third-order valence-electron chi connectivity index (χ3n) is 2.86. The van der Waals surface area contributed by atoms with Gasteiger partial charge >= 0.3 is 0 Å². The molecule has 3 atom stereocenters. The van der Waals surface area contributed by atoms with Crippen LogP contribution >= 0.6 is 34.2 Å². The number of benzene rings is 1. The van der Waals surface area contributed by atoms with Gasteiger partial charge in [0.25, 0.3) is 0 Å². The first-order valence-corrected chi connectivity index (χ1v) is 7.39. The minimum atomic E-state index is -0.0420. The zero-order chi connectivity index (χ0) is 13.0. The van der Waals surface area contributed by atoms with Crippen molar-refractivity contribution in [1.29, 1.82) is 0 Å². The first-order valence-electron chi connectivity index (χ1n) is 5.87. The van der Waals surface area contributed by atoms with Gasteiger partial charge in [0.15, 0.2) is 0 Å². The molecule has 1 aliphatic rings. The van der Waals surface area contributed by atoms with E-state index in [-0.39, 0.29) is 17.6 Å². The van der Waals surface area contributed by atoms with E-state index in [1.807, 2.05) is 24.3 Å². The molecule has 1 aromatic carbocycles. The molecule has 1 fully saturated rings. The Morgan fingerprint density at radius 3 is 2.89 bits per heavy atom. The van der Waals surface area contributed by atoms with Crippen molar-refractivity contribution in [3.05, 3.63) is 27.8 Å². The Morgan fingerprint density at radius 2 is 2.22 bits per heavy atom. The molecule has 0 spiro atoms. The van der Waals surface area contributed by atoms with E-state index >= 15 is 0 Å². The topological polar surface area (TPSA) is 27.7 Å². The van der Waals surface area contributed by atoms with Crippen LogP contribution in [0.15, 0.2) is 24.3 Å². The van der Waals surface area contributed by atoms with Crippen molar-refractivity contribution in [3.8, 4) is 5.75 Å². The van der Waals surface area contributed by atoms with E-state index in [9.17, 15) is 0 Å². The number of rotatable bonds is 6. The highest BCUT2D eigenvalue weighted by Gasteiger charge is 2.42. The minimum Gasteiger partial charge on any atom is -0.488 e. The average molecular weight is 383 g/mol. The molecule has 0 radical (unpaired) electrons. The molecule has 0 amide bonds. The molecular weight excluding hydrogens is 366 g/mol. The fraction of sp³-hybridized carbons (Fsp3) is 0.538. The Kier molecular flexibility index (Phi) is 5.54. The zero-order valence-corrected chi connectivity index (χ0v) is 13.1. The predicted octanol–water partition coefficient (Wildman–Crippen LogP) is 3.08. The van der Waals surface area contributed by atoms with Crippen LogP contribution in [0.5, 0.6) is 5.75 Å².